The number of ether oxygens (including phenoxy) is 2. The number of nitrogens with two attached hydrogens (primary N) is 2. The number of carbonyl (C=O) groups is 2. The van der Waals surface area contributed by atoms with Crippen LogP contribution in [0, 0.1) is 11.8 Å². The Bertz CT molecular complexity index is 1090. The van der Waals surface area contributed by atoms with Crippen LogP contribution in [-0.4, -0.2) is 53.8 Å². The molecule has 0 unspecified atom stereocenters. The highest BCUT2D eigenvalue weighted by molar-refractivity contribution is 5.99. The molecule has 10 heteroatoms. The fourth-order valence-corrected chi connectivity index (χ4v) is 3.36. The van der Waals surface area contributed by atoms with Gasteiger partial charge in [0.25, 0.3) is 11.8 Å². The molecule has 2 heterocycles. The number of hydrogen-bond acceptors (Lipinski definition) is 6. The van der Waals surface area contributed by atoms with Crippen LogP contribution in [0.15, 0.2) is 30.6 Å². The van der Waals surface area contributed by atoms with Gasteiger partial charge in [-0.05, 0) is 24.5 Å². The van der Waals surface area contributed by atoms with Gasteiger partial charge in [-0.1, -0.05) is 12.5 Å². The van der Waals surface area contributed by atoms with E-state index in [1.807, 2.05) is 0 Å². The van der Waals surface area contributed by atoms with E-state index in [-0.39, 0.29) is 29.7 Å². The summed E-state index contributed by atoms with van der Waals surface area (Å²) < 4.78 is 25.0. The average molecular weight is 427 g/mol. The molecule has 0 bridgehead atoms. The predicted octanol–water partition coefficient (Wildman–Crippen LogP) is 1.24. The largest absolute Gasteiger partial charge is 0.497 e. The molecule has 1 aliphatic rings. The van der Waals surface area contributed by atoms with Crippen molar-refractivity contribution in [2.45, 2.75) is 12.5 Å². The first-order valence-electron chi connectivity index (χ1n) is 9.31. The molecule has 1 saturated heterocycles. The maximum Gasteiger partial charge on any atom is 0.282 e. The lowest BCUT2D eigenvalue weighted by atomic mass is 10.1. The summed E-state index contributed by atoms with van der Waals surface area (Å²) in [4.78, 5) is 25.1. The van der Waals surface area contributed by atoms with Crippen LogP contribution in [0.3, 0.4) is 0 Å². The number of primary amides is 1. The minimum absolute atomic E-state index is 0.0120. The highest BCUT2D eigenvalue weighted by atomic mass is 19.1. The average Bonchev–Trinajstić information content (AvgIpc) is 3.35. The lowest BCUT2D eigenvalue weighted by Crippen LogP contribution is -2.29. The third-order valence-electron chi connectivity index (χ3n) is 4.90. The molecule has 0 saturated carbocycles. The molecule has 31 heavy (non-hydrogen) atoms. The van der Waals surface area contributed by atoms with E-state index in [1.54, 1.807) is 18.2 Å². The van der Waals surface area contributed by atoms with Crippen molar-refractivity contribution in [1.82, 2.24) is 14.7 Å². The minimum atomic E-state index is -1.04. The number of nitrogens with zero attached hydrogens (tertiary/aromatic N) is 3. The number of benzene rings is 1. The van der Waals surface area contributed by atoms with Crippen molar-refractivity contribution in [2.24, 2.45) is 5.73 Å². The third-order valence-corrected chi connectivity index (χ3v) is 4.90. The summed E-state index contributed by atoms with van der Waals surface area (Å²) in [6, 6.07) is 4.74. The molecular weight excluding hydrogens is 405 g/mol. The molecule has 162 valence electrons. The smallest absolute Gasteiger partial charge is 0.282 e. The molecule has 0 radical (unpaired) electrons. The van der Waals surface area contributed by atoms with Crippen molar-refractivity contribution in [3.05, 3.63) is 47.4 Å². The van der Waals surface area contributed by atoms with E-state index in [9.17, 15) is 14.0 Å². The second kappa shape index (κ2) is 8.79. The van der Waals surface area contributed by atoms with Gasteiger partial charge in [-0.15, -0.1) is 0 Å². The molecule has 9 nitrogen and oxygen atoms in total. The van der Waals surface area contributed by atoms with Gasteiger partial charge in [0.05, 0.1) is 20.3 Å². The number of anilines is 1. The number of amides is 2. The van der Waals surface area contributed by atoms with Gasteiger partial charge in [0.1, 0.15) is 22.9 Å². The van der Waals surface area contributed by atoms with Crippen molar-refractivity contribution in [2.75, 3.05) is 33.0 Å². The van der Waals surface area contributed by atoms with Gasteiger partial charge < -0.3 is 25.8 Å². The summed E-state index contributed by atoms with van der Waals surface area (Å²) in [5.74, 6) is 4.27. The second-order valence-electron chi connectivity index (χ2n) is 6.87. The van der Waals surface area contributed by atoms with Crippen molar-refractivity contribution >= 4 is 17.6 Å². The molecule has 3 rings (SSSR count). The number of nitrogen functional groups attached to an aromatic ring is 1. The zero-order valence-corrected chi connectivity index (χ0v) is 17.1. The van der Waals surface area contributed by atoms with Crippen LogP contribution >= 0.6 is 0 Å². The van der Waals surface area contributed by atoms with Gasteiger partial charge in [-0.3, -0.25) is 9.59 Å². The zero-order valence-electron chi connectivity index (χ0n) is 17.1. The highest BCUT2D eigenvalue weighted by Gasteiger charge is 2.32. The molecule has 1 atom stereocenters. The number of likely N-dealkylation sites (tertiary alicyclic amines) is 1. The normalized spacial score (nSPS) is 15.2. The zero-order chi connectivity index (χ0) is 22.7. The predicted molar refractivity (Wildman–Crippen MR) is 111 cm³/mol. The van der Waals surface area contributed by atoms with E-state index >= 15 is 0 Å². The Morgan fingerprint density at radius 1 is 1.23 bits per heavy atom. The minimum Gasteiger partial charge on any atom is -0.497 e. The van der Waals surface area contributed by atoms with E-state index in [1.165, 1.54) is 23.8 Å². The Labute approximate surface area is 178 Å². The van der Waals surface area contributed by atoms with Crippen molar-refractivity contribution in [1.29, 1.82) is 0 Å². The van der Waals surface area contributed by atoms with Crippen LogP contribution < -0.4 is 20.9 Å². The number of methoxy groups -OCH3 is 2. The van der Waals surface area contributed by atoms with Crippen molar-refractivity contribution in [3.63, 3.8) is 0 Å². The molecular formula is C21H22FN5O4. The lowest BCUT2D eigenvalue weighted by molar-refractivity contribution is -0.127. The van der Waals surface area contributed by atoms with E-state index in [4.69, 9.17) is 20.9 Å². The van der Waals surface area contributed by atoms with E-state index < -0.39 is 17.6 Å². The molecule has 2 aromatic rings. The number of aromatic nitrogens is 2. The number of rotatable bonds is 5. The summed E-state index contributed by atoms with van der Waals surface area (Å²) in [5, 5.41) is 4.35. The van der Waals surface area contributed by atoms with Crippen LogP contribution in [0.1, 0.15) is 34.1 Å². The van der Waals surface area contributed by atoms with E-state index in [2.05, 4.69) is 23.5 Å². The van der Waals surface area contributed by atoms with Gasteiger partial charge in [-0.2, -0.15) is 5.10 Å². The maximum absolute atomic E-state index is 13.2. The molecule has 0 aliphatic carbocycles. The Kier molecular flexibility index (Phi) is 6.15. The van der Waals surface area contributed by atoms with Gasteiger partial charge in [0.15, 0.2) is 11.5 Å². The summed E-state index contributed by atoms with van der Waals surface area (Å²) in [6.45, 7) is 3.51. The molecule has 1 aliphatic heterocycles. The van der Waals surface area contributed by atoms with Crippen LogP contribution in [0.5, 0.6) is 11.5 Å². The second-order valence-corrected chi connectivity index (χ2v) is 6.87. The Morgan fingerprint density at radius 3 is 2.42 bits per heavy atom. The summed E-state index contributed by atoms with van der Waals surface area (Å²) in [7, 11) is 3.04. The maximum atomic E-state index is 13.2. The molecule has 4 N–H and O–H groups in total. The van der Waals surface area contributed by atoms with Gasteiger partial charge in [-0.25, -0.2) is 9.07 Å². The highest BCUT2D eigenvalue weighted by Crippen LogP contribution is 2.28. The summed E-state index contributed by atoms with van der Waals surface area (Å²) >= 11 is 0. The number of halogens is 1. The van der Waals surface area contributed by atoms with Gasteiger partial charge in [0.2, 0.25) is 0 Å². The fourth-order valence-electron chi connectivity index (χ4n) is 3.36. The number of hydrogen-bond donors (Lipinski definition) is 2. The first-order chi connectivity index (χ1) is 14.7. The topological polar surface area (TPSA) is 126 Å². The van der Waals surface area contributed by atoms with Crippen LogP contribution in [0.4, 0.5) is 10.2 Å². The molecule has 1 aromatic carbocycles. The summed E-state index contributed by atoms with van der Waals surface area (Å²) in [6.07, 6.45) is 0.475. The Morgan fingerprint density at radius 2 is 1.87 bits per heavy atom. The van der Waals surface area contributed by atoms with E-state index in [0.717, 1.165) is 0 Å². The monoisotopic (exact) mass is 427 g/mol. The third kappa shape index (κ3) is 4.45. The van der Waals surface area contributed by atoms with Crippen LogP contribution in [0.25, 0.3) is 0 Å². The molecule has 2 amide bonds. The molecule has 0 spiro atoms. The van der Waals surface area contributed by atoms with Crippen molar-refractivity contribution < 1.29 is 23.5 Å². The first kappa shape index (κ1) is 21.7. The van der Waals surface area contributed by atoms with Gasteiger partial charge in [0, 0.05) is 24.7 Å². The quantitative estimate of drug-likeness (QED) is 0.546. The number of carbonyl (C=O) groups excluding carboxylic acids is 2. The SMILES string of the molecule is C=C(F)C(=O)N1CC[C@H](n2nc(C#Cc3cc(OC)cc(OC)c3)c(C(N)=O)c2N)C1. The van der Waals surface area contributed by atoms with Crippen LogP contribution in [-0.2, 0) is 4.79 Å². The van der Waals surface area contributed by atoms with Crippen LogP contribution in [0.2, 0.25) is 0 Å². The Balaban J connectivity index is 1.95. The molecule has 1 aromatic heterocycles. The lowest BCUT2D eigenvalue weighted by Gasteiger charge is -2.16. The first-order valence-corrected chi connectivity index (χ1v) is 9.31. The van der Waals surface area contributed by atoms with E-state index in [0.29, 0.717) is 30.0 Å². The molecule has 1 fully saturated rings. The summed E-state index contributed by atoms with van der Waals surface area (Å²) in [5.41, 5.74) is 12.3. The standard InChI is InChI=1S/C21H22FN5O4/c1-12(22)21(29)26-7-6-14(11-26)27-19(23)18(20(24)28)17(25-27)5-4-13-8-15(30-2)10-16(9-13)31-3/h8-10,14H,1,6-7,11,23H2,2-3H3,(H2,24,28)/t14-/m0/s1. The fraction of sp³-hybridized carbons (Fsp3) is 0.286. The van der Waals surface area contributed by atoms with Gasteiger partial charge >= 0.3 is 0 Å². The Hall–Kier alpha value is -4.00. The van der Waals surface area contributed by atoms with Crippen molar-refractivity contribution in [3.8, 4) is 23.3 Å².